The third kappa shape index (κ3) is 4.02. The largest absolute Gasteiger partial charge is 0.497 e. The number of hydrogen-bond acceptors (Lipinski definition) is 5. The zero-order valence-corrected chi connectivity index (χ0v) is 16.3. The summed E-state index contributed by atoms with van der Waals surface area (Å²) in [5.41, 5.74) is 2.83. The van der Waals surface area contributed by atoms with E-state index >= 15 is 0 Å². The maximum atomic E-state index is 13.6. The zero-order valence-electron chi connectivity index (χ0n) is 16.3. The highest BCUT2D eigenvalue weighted by Crippen LogP contribution is 2.39. The topological polar surface area (TPSA) is 65.1 Å². The fourth-order valence-electron chi connectivity index (χ4n) is 3.45. The molecule has 1 aromatic rings. The van der Waals surface area contributed by atoms with E-state index in [2.05, 4.69) is 5.43 Å². The Morgan fingerprint density at radius 1 is 1.28 bits per heavy atom. The van der Waals surface area contributed by atoms with Crippen LogP contribution in [0.15, 0.2) is 36.5 Å². The molecule has 7 nitrogen and oxygen atoms in total. The molecule has 1 aromatic carbocycles. The minimum Gasteiger partial charge on any atom is -0.497 e. The van der Waals surface area contributed by atoms with Crippen LogP contribution in [0.2, 0.25) is 0 Å². The van der Waals surface area contributed by atoms with Crippen molar-refractivity contribution in [2.24, 2.45) is 5.92 Å². The molecule has 158 valence electrons. The lowest BCUT2D eigenvalue weighted by molar-refractivity contribution is -0.159. The van der Waals surface area contributed by atoms with Gasteiger partial charge in [-0.3, -0.25) is 14.6 Å². The first-order valence-electron chi connectivity index (χ1n) is 9.16. The Morgan fingerprint density at radius 2 is 1.93 bits per heavy atom. The van der Waals surface area contributed by atoms with Crippen LogP contribution in [0.1, 0.15) is 6.92 Å². The number of amides is 2. The van der Waals surface area contributed by atoms with Gasteiger partial charge in [-0.2, -0.15) is 13.2 Å². The fraction of sp³-hybridized carbons (Fsp3) is 0.474. The van der Waals surface area contributed by atoms with Crippen molar-refractivity contribution < 1.29 is 27.5 Å². The number of halogens is 3. The molecule has 3 rings (SSSR count). The first-order valence-corrected chi connectivity index (χ1v) is 9.16. The lowest BCUT2D eigenvalue weighted by Gasteiger charge is -2.34. The predicted octanol–water partition coefficient (Wildman–Crippen LogP) is 1.77. The van der Waals surface area contributed by atoms with Gasteiger partial charge < -0.3 is 14.5 Å². The van der Waals surface area contributed by atoms with Crippen LogP contribution in [-0.2, 0) is 9.59 Å². The molecule has 0 aliphatic carbocycles. The monoisotopic (exact) mass is 412 g/mol. The summed E-state index contributed by atoms with van der Waals surface area (Å²) in [6.07, 6.45) is -1.92. The minimum atomic E-state index is -4.55. The van der Waals surface area contributed by atoms with Gasteiger partial charge in [0.25, 0.3) is 5.91 Å². The van der Waals surface area contributed by atoms with Crippen LogP contribution in [0.4, 0.5) is 18.9 Å². The maximum absolute atomic E-state index is 13.6. The molecule has 0 aromatic heterocycles. The molecule has 0 spiro atoms. The van der Waals surface area contributed by atoms with Crippen LogP contribution in [0.5, 0.6) is 5.75 Å². The normalized spacial score (nSPS) is 23.9. The third-order valence-electron chi connectivity index (χ3n) is 5.24. The van der Waals surface area contributed by atoms with E-state index in [0.29, 0.717) is 18.0 Å². The molecule has 1 saturated heterocycles. The Bertz CT molecular complexity index is 797. The first-order chi connectivity index (χ1) is 13.7. The quantitative estimate of drug-likeness (QED) is 0.799. The summed E-state index contributed by atoms with van der Waals surface area (Å²) < 4.78 is 45.9. The van der Waals surface area contributed by atoms with Crippen molar-refractivity contribution >= 4 is 17.5 Å². The average Bonchev–Trinajstić information content (AvgIpc) is 3.10. The Labute approximate surface area is 166 Å². The van der Waals surface area contributed by atoms with E-state index < -0.39 is 30.1 Å². The molecular formula is C19H23F3N4O3. The number of benzene rings is 1. The molecule has 0 saturated carbocycles. The van der Waals surface area contributed by atoms with E-state index in [4.69, 9.17) is 4.74 Å². The number of hydrogen-bond donors (Lipinski definition) is 1. The number of methoxy groups -OCH3 is 1. The minimum absolute atomic E-state index is 0.226. The number of nitrogens with zero attached hydrogens (tertiary/aromatic N) is 3. The average molecular weight is 412 g/mol. The number of hydrazine groups is 1. The summed E-state index contributed by atoms with van der Waals surface area (Å²) in [5.74, 6) is -1.43. The summed E-state index contributed by atoms with van der Waals surface area (Å²) in [5, 5.41) is 1.23. The van der Waals surface area contributed by atoms with E-state index in [0.717, 1.165) is 0 Å². The van der Waals surface area contributed by atoms with Gasteiger partial charge >= 0.3 is 6.18 Å². The van der Waals surface area contributed by atoms with Crippen LogP contribution >= 0.6 is 0 Å². The van der Waals surface area contributed by atoms with Crippen molar-refractivity contribution in [3.05, 3.63) is 36.5 Å². The molecule has 2 amide bonds. The molecular weight excluding hydrogens is 389 g/mol. The molecule has 3 unspecified atom stereocenters. The number of nitrogens with one attached hydrogen (secondary N) is 1. The molecule has 2 aliphatic heterocycles. The van der Waals surface area contributed by atoms with Crippen molar-refractivity contribution in [3.63, 3.8) is 0 Å². The van der Waals surface area contributed by atoms with Crippen molar-refractivity contribution in [1.29, 1.82) is 0 Å². The molecule has 0 bridgehead atoms. The van der Waals surface area contributed by atoms with Gasteiger partial charge in [0, 0.05) is 25.7 Å². The van der Waals surface area contributed by atoms with Crippen LogP contribution < -0.4 is 15.2 Å². The van der Waals surface area contributed by atoms with Gasteiger partial charge in [-0.05, 0) is 31.2 Å². The van der Waals surface area contributed by atoms with Crippen molar-refractivity contribution in [2.75, 3.05) is 32.3 Å². The van der Waals surface area contributed by atoms with Crippen molar-refractivity contribution in [2.45, 2.75) is 25.2 Å². The number of likely N-dealkylation sites (N-methyl/N-ethyl adjacent to an activating group) is 1. The Balaban J connectivity index is 1.92. The molecule has 10 heteroatoms. The fourth-order valence-corrected chi connectivity index (χ4v) is 3.45. The van der Waals surface area contributed by atoms with Gasteiger partial charge in [0.1, 0.15) is 24.4 Å². The van der Waals surface area contributed by atoms with Gasteiger partial charge in [-0.1, -0.05) is 6.08 Å². The van der Waals surface area contributed by atoms with Gasteiger partial charge in [0.15, 0.2) is 0 Å². The molecule has 3 atom stereocenters. The second-order valence-electron chi connectivity index (χ2n) is 6.95. The predicted molar refractivity (Wildman–Crippen MR) is 99.9 cm³/mol. The number of alkyl halides is 3. The van der Waals surface area contributed by atoms with E-state index in [1.807, 2.05) is 0 Å². The standard InChI is InChI=1S/C19H23F3N4O3/c1-4-24(2)15(27)11-25-10-9-14-16(18(25)28)26(23-17(14)19(20,21)22)12-5-7-13(29-3)8-6-12/h5-10,14,16-17,23H,4,11H2,1-3H3. The second kappa shape index (κ2) is 7.94. The van der Waals surface area contributed by atoms with Gasteiger partial charge in [-0.25, -0.2) is 5.43 Å². The van der Waals surface area contributed by atoms with E-state index in [-0.39, 0.29) is 12.5 Å². The van der Waals surface area contributed by atoms with Gasteiger partial charge in [0.2, 0.25) is 5.91 Å². The molecule has 2 aliphatic rings. The Kier molecular flexibility index (Phi) is 5.74. The molecule has 0 radical (unpaired) electrons. The Hall–Kier alpha value is -2.75. The number of carbonyl (C=O) groups excluding carboxylic acids is 2. The van der Waals surface area contributed by atoms with E-state index in [9.17, 15) is 22.8 Å². The molecule has 1 N–H and O–H groups in total. The number of fused-ring (bicyclic) bond motifs is 1. The lowest BCUT2D eigenvalue weighted by Crippen LogP contribution is -2.52. The summed E-state index contributed by atoms with van der Waals surface area (Å²) in [7, 11) is 3.08. The summed E-state index contributed by atoms with van der Waals surface area (Å²) in [6.45, 7) is 2.03. The first kappa shape index (κ1) is 21.0. The lowest BCUT2D eigenvalue weighted by atomic mass is 9.90. The second-order valence-corrected chi connectivity index (χ2v) is 6.95. The number of carbonyl (C=O) groups is 2. The van der Waals surface area contributed by atoms with Crippen molar-refractivity contribution in [3.8, 4) is 5.75 Å². The van der Waals surface area contributed by atoms with E-state index in [1.165, 1.54) is 34.2 Å². The summed E-state index contributed by atoms with van der Waals surface area (Å²) >= 11 is 0. The van der Waals surface area contributed by atoms with Gasteiger partial charge in [-0.15, -0.1) is 0 Å². The highest BCUT2D eigenvalue weighted by Gasteiger charge is 2.57. The highest BCUT2D eigenvalue weighted by molar-refractivity contribution is 5.92. The maximum Gasteiger partial charge on any atom is 0.406 e. The third-order valence-corrected chi connectivity index (χ3v) is 5.24. The Morgan fingerprint density at radius 3 is 2.48 bits per heavy atom. The number of rotatable bonds is 5. The van der Waals surface area contributed by atoms with E-state index in [1.54, 1.807) is 38.2 Å². The zero-order chi connectivity index (χ0) is 21.3. The summed E-state index contributed by atoms with van der Waals surface area (Å²) in [4.78, 5) is 27.9. The van der Waals surface area contributed by atoms with Crippen LogP contribution in [-0.4, -0.2) is 67.1 Å². The number of anilines is 1. The SMILES string of the molecule is CCN(C)C(=O)CN1C=CC2C(C1=O)N(c1ccc(OC)cc1)NC2C(F)(F)F. The highest BCUT2D eigenvalue weighted by atomic mass is 19.4. The molecule has 2 heterocycles. The van der Waals surface area contributed by atoms with Crippen LogP contribution in [0, 0.1) is 5.92 Å². The molecule has 29 heavy (non-hydrogen) atoms. The van der Waals surface area contributed by atoms with Crippen LogP contribution in [0.25, 0.3) is 0 Å². The molecule has 1 fully saturated rings. The van der Waals surface area contributed by atoms with Gasteiger partial charge in [0.05, 0.1) is 12.8 Å². The van der Waals surface area contributed by atoms with Crippen LogP contribution in [0.3, 0.4) is 0 Å². The summed E-state index contributed by atoms with van der Waals surface area (Å²) in [6, 6.07) is 3.33. The van der Waals surface area contributed by atoms with Crippen molar-refractivity contribution in [1.82, 2.24) is 15.2 Å². The number of ether oxygens (including phenoxy) is 1. The smallest absolute Gasteiger partial charge is 0.406 e.